The van der Waals surface area contributed by atoms with Crippen molar-refractivity contribution in [3.05, 3.63) is 170 Å². The number of phenols is 6. The Morgan fingerprint density at radius 2 is 0.455 bits per heavy atom. The molecule has 0 fully saturated rings. The summed E-state index contributed by atoms with van der Waals surface area (Å²) in [6.45, 7) is 0. The zero-order valence-electron chi connectivity index (χ0n) is 23.7. The lowest BCUT2D eigenvalue weighted by atomic mass is 10.2. The van der Waals surface area contributed by atoms with E-state index in [0.717, 1.165) is 0 Å². The topological polar surface area (TPSA) is 156 Å². The van der Waals surface area contributed by atoms with Gasteiger partial charge in [-0.05, 0) is 85.0 Å². The van der Waals surface area contributed by atoms with Crippen LogP contribution in [0.15, 0.2) is 170 Å². The Bertz CT molecular complexity index is 1310. The Hall–Kier alpha value is -6.28. The number of aromatic hydroxyl groups is 6. The number of carbonyl (C=O) groups excluding carboxylic acids is 2. The summed E-state index contributed by atoms with van der Waals surface area (Å²) in [6, 6.07) is 41.0. The summed E-state index contributed by atoms with van der Waals surface area (Å²) in [5.41, 5.74) is 0. The Morgan fingerprint density at radius 1 is 0.273 bits per heavy atom. The lowest BCUT2D eigenvalue weighted by Crippen LogP contribution is -1.97. The van der Waals surface area contributed by atoms with Crippen LogP contribution in [0.1, 0.15) is 0 Å². The monoisotopic (exact) mass is 594 g/mol. The number of hydrogen-bond acceptors (Lipinski definition) is 8. The van der Waals surface area contributed by atoms with Crippen LogP contribution in [0.5, 0.6) is 34.5 Å². The smallest absolute Gasteiger partial charge is 0.178 e. The van der Waals surface area contributed by atoms with Crippen LogP contribution in [-0.2, 0) is 9.59 Å². The molecular formula is C36H34O8. The van der Waals surface area contributed by atoms with Crippen molar-refractivity contribution in [1.29, 1.82) is 0 Å². The molecule has 0 saturated carbocycles. The van der Waals surface area contributed by atoms with E-state index >= 15 is 0 Å². The van der Waals surface area contributed by atoms with E-state index in [-0.39, 0.29) is 23.1 Å². The van der Waals surface area contributed by atoms with Crippen molar-refractivity contribution in [3.8, 4) is 34.5 Å². The fourth-order valence-corrected chi connectivity index (χ4v) is 2.62. The molecule has 0 saturated heterocycles. The van der Waals surface area contributed by atoms with Crippen molar-refractivity contribution in [2.75, 3.05) is 0 Å². The van der Waals surface area contributed by atoms with Crippen molar-refractivity contribution < 1.29 is 40.2 Å². The van der Waals surface area contributed by atoms with E-state index in [2.05, 4.69) is 0 Å². The van der Waals surface area contributed by atoms with Crippen LogP contribution in [0.4, 0.5) is 0 Å². The van der Waals surface area contributed by atoms with Gasteiger partial charge in [0.05, 0.1) is 0 Å². The standard InChI is InChI=1S/C6H4O2.C6H6O2.4C6H6O/c7-5-1-2-6(8)4-3-5;7-5-3-1-2-4-6(5)8;4*7-6-4-2-1-3-5-6/h1-4H;1-4,7-8H;4*1-5,7H. The molecule has 0 aliphatic heterocycles. The van der Waals surface area contributed by atoms with E-state index in [0.29, 0.717) is 23.0 Å². The predicted octanol–water partition coefficient (Wildman–Crippen LogP) is 6.92. The van der Waals surface area contributed by atoms with Crippen molar-refractivity contribution in [1.82, 2.24) is 0 Å². The minimum Gasteiger partial charge on any atom is -0.508 e. The first-order chi connectivity index (χ1) is 21.2. The normalized spacial score (nSPS) is 10.3. The molecule has 5 aromatic carbocycles. The van der Waals surface area contributed by atoms with E-state index < -0.39 is 0 Å². The highest BCUT2D eigenvalue weighted by Gasteiger charge is 1.98. The number of para-hydroxylation sites is 6. The van der Waals surface area contributed by atoms with Gasteiger partial charge in [0, 0.05) is 0 Å². The molecule has 0 radical (unpaired) electrons. The van der Waals surface area contributed by atoms with Crippen LogP contribution >= 0.6 is 0 Å². The van der Waals surface area contributed by atoms with Crippen LogP contribution in [0.25, 0.3) is 0 Å². The number of benzene rings is 5. The van der Waals surface area contributed by atoms with Gasteiger partial charge in [0.25, 0.3) is 0 Å². The first-order valence-electron chi connectivity index (χ1n) is 13.0. The Labute approximate surface area is 256 Å². The number of allylic oxidation sites excluding steroid dienone is 4. The fourth-order valence-electron chi connectivity index (χ4n) is 2.62. The van der Waals surface area contributed by atoms with E-state index in [1.807, 2.05) is 24.3 Å². The molecule has 0 spiro atoms. The van der Waals surface area contributed by atoms with Gasteiger partial charge in [0.1, 0.15) is 23.0 Å². The highest BCUT2D eigenvalue weighted by Crippen LogP contribution is 2.21. The second kappa shape index (κ2) is 22.4. The summed E-state index contributed by atoms with van der Waals surface area (Å²) in [5, 5.41) is 51.9. The Balaban J connectivity index is 0.000000264. The van der Waals surface area contributed by atoms with Gasteiger partial charge in [0.2, 0.25) is 0 Å². The SMILES string of the molecule is O=C1C=CC(=O)C=C1.Oc1ccccc1.Oc1ccccc1.Oc1ccccc1.Oc1ccccc1.Oc1ccccc1O. The maximum Gasteiger partial charge on any atom is 0.178 e. The average Bonchev–Trinajstić information content (AvgIpc) is 3.03. The number of ketones is 2. The zero-order chi connectivity index (χ0) is 32.4. The summed E-state index contributed by atoms with van der Waals surface area (Å²) < 4.78 is 0. The first kappa shape index (κ1) is 35.7. The molecule has 44 heavy (non-hydrogen) atoms. The van der Waals surface area contributed by atoms with Gasteiger partial charge >= 0.3 is 0 Å². The van der Waals surface area contributed by atoms with Crippen LogP contribution in [0.3, 0.4) is 0 Å². The fraction of sp³-hybridized carbons (Fsp3) is 0. The minimum atomic E-state index is -0.121. The molecular weight excluding hydrogens is 560 g/mol. The zero-order valence-corrected chi connectivity index (χ0v) is 23.7. The van der Waals surface area contributed by atoms with Gasteiger partial charge < -0.3 is 30.6 Å². The average molecular weight is 595 g/mol. The highest BCUT2D eigenvalue weighted by atomic mass is 16.3. The molecule has 6 N–H and O–H groups in total. The molecule has 1 aliphatic rings. The predicted molar refractivity (Wildman–Crippen MR) is 170 cm³/mol. The molecule has 0 aromatic heterocycles. The molecule has 1 aliphatic carbocycles. The first-order valence-corrected chi connectivity index (χ1v) is 13.0. The Kier molecular flexibility index (Phi) is 18.2. The second-order valence-corrected chi connectivity index (χ2v) is 8.30. The Morgan fingerprint density at radius 3 is 0.591 bits per heavy atom. The molecule has 226 valence electrons. The van der Waals surface area contributed by atoms with Gasteiger partial charge in [-0.2, -0.15) is 0 Å². The van der Waals surface area contributed by atoms with Crippen molar-refractivity contribution in [2.45, 2.75) is 0 Å². The van der Waals surface area contributed by atoms with E-state index in [1.54, 1.807) is 109 Å². The van der Waals surface area contributed by atoms with Gasteiger partial charge in [-0.1, -0.05) is 84.9 Å². The molecule has 5 aromatic rings. The lowest BCUT2D eigenvalue weighted by Gasteiger charge is -1.91. The minimum absolute atomic E-state index is 0.0764. The van der Waals surface area contributed by atoms with Crippen LogP contribution in [-0.4, -0.2) is 42.2 Å². The van der Waals surface area contributed by atoms with E-state index in [4.69, 9.17) is 30.6 Å². The van der Waals surface area contributed by atoms with Crippen molar-refractivity contribution in [2.24, 2.45) is 0 Å². The number of phenolic OH excluding ortho intramolecular Hbond substituents is 6. The molecule has 0 atom stereocenters. The summed E-state index contributed by atoms with van der Waals surface area (Å²) in [4.78, 5) is 20.6. The molecule has 0 bridgehead atoms. The number of hydrogen-bond donors (Lipinski definition) is 6. The third-order valence-corrected chi connectivity index (χ3v) is 4.73. The van der Waals surface area contributed by atoms with E-state index in [9.17, 15) is 9.59 Å². The maximum atomic E-state index is 10.3. The lowest BCUT2D eigenvalue weighted by molar-refractivity contribution is -0.113. The van der Waals surface area contributed by atoms with Gasteiger partial charge in [-0.3, -0.25) is 9.59 Å². The molecule has 0 amide bonds. The third-order valence-electron chi connectivity index (χ3n) is 4.73. The molecule has 6 rings (SSSR count). The summed E-state index contributed by atoms with van der Waals surface area (Å²) in [6.07, 6.45) is 5.01. The van der Waals surface area contributed by atoms with Crippen LogP contribution < -0.4 is 0 Å². The van der Waals surface area contributed by atoms with Crippen LogP contribution in [0.2, 0.25) is 0 Å². The maximum absolute atomic E-state index is 10.3. The third kappa shape index (κ3) is 19.7. The number of carbonyl (C=O) groups is 2. The van der Waals surface area contributed by atoms with Gasteiger partial charge in [0.15, 0.2) is 23.1 Å². The molecule has 0 heterocycles. The van der Waals surface area contributed by atoms with Crippen molar-refractivity contribution >= 4 is 11.6 Å². The summed E-state index contributed by atoms with van der Waals surface area (Å²) in [7, 11) is 0. The van der Waals surface area contributed by atoms with Crippen LogP contribution in [0, 0.1) is 0 Å². The second-order valence-electron chi connectivity index (χ2n) is 8.30. The molecule has 8 heteroatoms. The van der Waals surface area contributed by atoms with Crippen molar-refractivity contribution in [3.63, 3.8) is 0 Å². The van der Waals surface area contributed by atoms with Gasteiger partial charge in [-0.25, -0.2) is 0 Å². The van der Waals surface area contributed by atoms with E-state index in [1.165, 1.54) is 36.4 Å². The largest absolute Gasteiger partial charge is 0.508 e. The molecule has 8 nitrogen and oxygen atoms in total. The number of rotatable bonds is 0. The highest BCUT2D eigenvalue weighted by molar-refractivity contribution is 6.14. The quantitative estimate of drug-likeness (QED) is 0.0834. The summed E-state index contributed by atoms with van der Waals surface area (Å²) in [5.74, 6) is 0.893. The molecule has 0 unspecified atom stereocenters. The summed E-state index contributed by atoms with van der Waals surface area (Å²) >= 11 is 0. The van der Waals surface area contributed by atoms with Gasteiger partial charge in [-0.15, -0.1) is 0 Å².